The fourth-order valence-corrected chi connectivity index (χ4v) is 1.51. The summed E-state index contributed by atoms with van der Waals surface area (Å²) in [6.07, 6.45) is 0.443. The normalized spacial score (nSPS) is 9.65. The minimum absolute atomic E-state index is 0.0483. The Bertz CT molecular complexity index is 460. The lowest BCUT2D eigenvalue weighted by Gasteiger charge is -2.06. The third-order valence-corrected chi connectivity index (χ3v) is 2.61. The molecule has 0 fully saturated rings. The zero-order valence-corrected chi connectivity index (χ0v) is 11.4. The van der Waals surface area contributed by atoms with E-state index in [9.17, 15) is 14.4 Å². The minimum atomic E-state index is -0.270. The Morgan fingerprint density at radius 3 is 2.30 bits per heavy atom. The van der Waals surface area contributed by atoms with Gasteiger partial charge in [-0.1, -0.05) is 30.3 Å². The lowest BCUT2D eigenvalue weighted by atomic mass is 10.1. The predicted molar refractivity (Wildman–Crippen MR) is 74.8 cm³/mol. The van der Waals surface area contributed by atoms with Gasteiger partial charge in [0.1, 0.15) is 0 Å². The predicted octanol–water partition coefficient (Wildman–Crippen LogP) is -0.402. The third-order valence-electron chi connectivity index (χ3n) is 2.61. The van der Waals surface area contributed by atoms with Crippen LogP contribution < -0.4 is 16.0 Å². The summed E-state index contributed by atoms with van der Waals surface area (Å²) >= 11 is 0. The summed E-state index contributed by atoms with van der Waals surface area (Å²) in [5.41, 5.74) is 0.925. The molecule has 20 heavy (non-hydrogen) atoms. The van der Waals surface area contributed by atoms with Crippen LogP contribution in [-0.2, 0) is 20.8 Å². The summed E-state index contributed by atoms with van der Waals surface area (Å²) in [5.74, 6) is -0.657. The van der Waals surface area contributed by atoms with Crippen LogP contribution in [0.2, 0.25) is 0 Å². The van der Waals surface area contributed by atoms with Crippen LogP contribution >= 0.6 is 0 Å². The van der Waals surface area contributed by atoms with Gasteiger partial charge in [0.15, 0.2) is 0 Å². The monoisotopic (exact) mass is 277 g/mol. The summed E-state index contributed by atoms with van der Waals surface area (Å²) < 4.78 is 0. The maximum atomic E-state index is 11.6. The molecule has 1 rings (SSSR count). The number of benzene rings is 1. The number of carbonyl (C=O) groups excluding carboxylic acids is 3. The molecule has 1 aromatic rings. The van der Waals surface area contributed by atoms with E-state index in [1.807, 2.05) is 30.3 Å². The Kier molecular flexibility index (Phi) is 6.81. The molecule has 0 heterocycles. The number of amides is 3. The maximum Gasteiger partial charge on any atom is 0.239 e. The van der Waals surface area contributed by atoms with E-state index in [2.05, 4.69) is 16.0 Å². The summed E-state index contributed by atoms with van der Waals surface area (Å²) in [7, 11) is 1.50. The van der Waals surface area contributed by atoms with Crippen molar-refractivity contribution in [2.24, 2.45) is 0 Å². The van der Waals surface area contributed by atoms with Crippen LogP contribution in [0, 0.1) is 0 Å². The fourth-order valence-electron chi connectivity index (χ4n) is 1.51. The van der Waals surface area contributed by atoms with Gasteiger partial charge in [-0.2, -0.15) is 0 Å². The van der Waals surface area contributed by atoms with Gasteiger partial charge in [-0.05, 0) is 5.56 Å². The quantitative estimate of drug-likeness (QED) is 0.633. The molecule has 0 saturated carbocycles. The Hall–Kier alpha value is -2.37. The smallest absolute Gasteiger partial charge is 0.239 e. The van der Waals surface area contributed by atoms with Crippen molar-refractivity contribution in [1.82, 2.24) is 16.0 Å². The summed E-state index contributed by atoms with van der Waals surface area (Å²) in [6.45, 7) is 0.207. The van der Waals surface area contributed by atoms with Gasteiger partial charge in [-0.25, -0.2) is 0 Å². The third kappa shape index (κ3) is 6.53. The first-order valence-electron chi connectivity index (χ1n) is 6.39. The van der Waals surface area contributed by atoms with Crippen molar-refractivity contribution in [3.8, 4) is 0 Å². The highest BCUT2D eigenvalue weighted by atomic mass is 16.2. The molecule has 108 valence electrons. The van der Waals surface area contributed by atoms with Gasteiger partial charge in [0.05, 0.1) is 13.0 Å². The van der Waals surface area contributed by atoms with Gasteiger partial charge in [0, 0.05) is 20.0 Å². The van der Waals surface area contributed by atoms with Crippen molar-refractivity contribution in [3.63, 3.8) is 0 Å². The molecule has 0 aromatic heterocycles. The molecule has 0 aliphatic rings. The Balaban J connectivity index is 2.15. The van der Waals surface area contributed by atoms with E-state index in [-0.39, 0.29) is 37.2 Å². The van der Waals surface area contributed by atoms with Crippen LogP contribution in [0.3, 0.4) is 0 Å². The van der Waals surface area contributed by atoms with Crippen molar-refractivity contribution in [2.45, 2.75) is 12.8 Å². The van der Waals surface area contributed by atoms with Gasteiger partial charge in [0.25, 0.3) is 0 Å². The Morgan fingerprint density at radius 1 is 0.950 bits per heavy atom. The van der Waals surface area contributed by atoms with Crippen molar-refractivity contribution in [1.29, 1.82) is 0 Å². The standard InChI is InChI=1S/C14H19N3O3/c1-15-14(20)10-17-12(18)7-8-16-13(19)9-11-5-3-2-4-6-11/h2-6H,7-10H2,1H3,(H,15,20)(H,16,19)(H,17,18). The molecule has 6 heteroatoms. The molecule has 1 aromatic carbocycles. The van der Waals surface area contributed by atoms with Crippen LogP contribution in [0.5, 0.6) is 0 Å². The van der Waals surface area contributed by atoms with Crippen molar-refractivity contribution < 1.29 is 14.4 Å². The molecule has 0 unspecified atom stereocenters. The second kappa shape index (κ2) is 8.68. The highest BCUT2D eigenvalue weighted by molar-refractivity contribution is 5.85. The van der Waals surface area contributed by atoms with E-state index in [0.717, 1.165) is 5.56 Å². The molecule has 0 spiro atoms. The van der Waals surface area contributed by atoms with E-state index in [1.54, 1.807) is 0 Å². The Labute approximate surface area is 117 Å². The van der Waals surface area contributed by atoms with Crippen molar-refractivity contribution in [3.05, 3.63) is 35.9 Å². The van der Waals surface area contributed by atoms with Gasteiger partial charge >= 0.3 is 0 Å². The molecule has 0 radical (unpaired) electrons. The molecule has 0 aliphatic carbocycles. The van der Waals surface area contributed by atoms with E-state index in [4.69, 9.17) is 0 Å². The number of hydrogen-bond donors (Lipinski definition) is 3. The molecule has 3 N–H and O–H groups in total. The van der Waals surface area contributed by atoms with E-state index in [0.29, 0.717) is 6.42 Å². The number of carbonyl (C=O) groups is 3. The zero-order valence-electron chi connectivity index (χ0n) is 11.4. The summed E-state index contributed by atoms with van der Waals surface area (Å²) in [6, 6.07) is 9.37. The van der Waals surface area contributed by atoms with Crippen LogP contribution in [-0.4, -0.2) is 37.9 Å². The van der Waals surface area contributed by atoms with E-state index < -0.39 is 0 Å². The largest absolute Gasteiger partial charge is 0.358 e. The van der Waals surface area contributed by atoms with E-state index >= 15 is 0 Å². The second-order valence-electron chi connectivity index (χ2n) is 4.21. The molecular weight excluding hydrogens is 258 g/mol. The van der Waals surface area contributed by atoms with Crippen LogP contribution in [0.25, 0.3) is 0 Å². The molecule has 0 atom stereocenters. The summed E-state index contributed by atoms with van der Waals surface area (Å²) in [4.78, 5) is 33.9. The second-order valence-corrected chi connectivity index (χ2v) is 4.21. The number of hydrogen-bond acceptors (Lipinski definition) is 3. The SMILES string of the molecule is CNC(=O)CNC(=O)CCNC(=O)Cc1ccccc1. The van der Waals surface area contributed by atoms with Gasteiger partial charge in [-0.3, -0.25) is 14.4 Å². The van der Waals surface area contributed by atoms with Gasteiger partial charge < -0.3 is 16.0 Å². The lowest BCUT2D eigenvalue weighted by molar-refractivity contribution is -0.126. The summed E-state index contributed by atoms with van der Waals surface area (Å²) in [5, 5.41) is 7.52. The van der Waals surface area contributed by atoms with Crippen LogP contribution in [0.1, 0.15) is 12.0 Å². The number of rotatable bonds is 7. The Morgan fingerprint density at radius 2 is 1.65 bits per heavy atom. The lowest BCUT2D eigenvalue weighted by Crippen LogP contribution is -2.37. The highest BCUT2D eigenvalue weighted by Gasteiger charge is 2.06. The maximum absolute atomic E-state index is 11.6. The molecule has 0 saturated heterocycles. The van der Waals surface area contributed by atoms with Crippen molar-refractivity contribution >= 4 is 17.7 Å². The first-order chi connectivity index (χ1) is 9.61. The van der Waals surface area contributed by atoms with Crippen LogP contribution in [0.15, 0.2) is 30.3 Å². The molecule has 6 nitrogen and oxygen atoms in total. The topological polar surface area (TPSA) is 87.3 Å². The molecular formula is C14H19N3O3. The highest BCUT2D eigenvalue weighted by Crippen LogP contribution is 1.98. The van der Waals surface area contributed by atoms with E-state index in [1.165, 1.54) is 7.05 Å². The minimum Gasteiger partial charge on any atom is -0.358 e. The van der Waals surface area contributed by atoms with Gasteiger partial charge in [0.2, 0.25) is 17.7 Å². The van der Waals surface area contributed by atoms with Crippen LogP contribution in [0.4, 0.5) is 0 Å². The van der Waals surface area contributed by atoms with Gasteiger partial charge in [-0.15, -0.1) is 0 Å². The molecule has 3 amide bonds. The molecule has 0 bridgehead atoms. The average Bonchev–Trinajstić information content (AvgIpc) is 2.45. The average molecular weight is 277 g/mol. The van der Waals surface area contributed by atoms with Crippen molar-refractivity contribution in [2.75, 3.05) is 20.1 Å². The first kappa shape index (κ1) is 15.7. The zero-order chi connectivity index (χ0) is 14.8. The molecule has 0 aliphatic heterocycles. The fraction of sp³-hybridized carbons (Fsp3) is 0.357. The number of nitrogens with one attached hydrogen (secondary N) is 3. The first-order valence-corrected chi connectivity index (χ1v) is 6.39. The number of likely N-dealkylation sites (N-methyl/N-ethyl adjacent to an activating group) is 1.